The second-order valence-electron chi connectivity index (χ2n) is 7.20. The minimum absolute atomic E-state index is 0.0135. The Morgan fingerprint density at radius 2 is 1.89 bits per heavy atom. The van der Waals surface area contributed by atoms with E-state index < -0.39 is 5.92 Å². The predicted octanol–water partition coefficient (Wildman–Crippen LogP) is 3.49. The Hall–Kier alpha value is -3.02. The van der Waals surface area contributed by atoms with Crippen LogP contribution >= 0.6 is 0 Å². The quantitative estimate of drug-likeness (QED) is 0.882. The number of nitrogens with zero attached hydrogens (tertiary/aromatic N) is 1. The van der Waals surface area contributed by atoms with E-state index in [-0.39, 0.29) is 24.3 Å². The Kier molecular flexibility index (Phi) is 4.94. The fourth-order valence-corrected chi connectivity index (χ4v) is 4.27. The number of ether oxygens (including phenoxy) is 2. The van der Waals surface area contributed by atoms with Gasteiger partial charge in [-0.15, -0.1) is 0 Å². The van der Waals surface area contributed by atoms with Gasteiger partial charge in [-0.05, 0) is 42.2 Å². The first kappa shape index (κ1) is 18.3. The zero-order valence-corrected chi connectivity index (χ0v) is 16.1. The lowest BCUT2D eigenvalue weighted by atomic mass is 9.89. The predicted molar refractivity (Wildman–Crippen MR) is 106 cm³/mol. The second-order valence-corrected chi connectivity index (χ2v) is 7.20. The van der Waals surface area contributed by atoms with E-state index in [4.69, 9.17) is 9.47 Å². The van der Waals surface area contributed by atoms with Gasteiger partial charge in [0.05, 0.1) is 26.2 Å². The van der Waals surface area contributed by atoms with Crippen LogP contribution < -0.4 is 14.8 Å². The molecule has 0 spiro atoms. The van der Waals surface area contributed by atoms with Crippen molar-refractivity contribution in [3.63, 3.8) is 0 Å². The average molecular weight is 380 g/mol. The maximum Gasteiger partial charge on any atom is 0.231 e. The lowest BCUT2D eigenvalue weighted by Gasteiger charge is -2.32. The van der Waals surface area contributed by atoms with Crippen LogP contribution in [-0.4, -0.2) is 37.5 Å². The van der Waals surface area contributed by atoms with Crippen LogP contribution in [0.1, 0.15) is 42.3 Å². The van der Waals surface area contributed by atoms with Gasteiger partial charge in [-0.1, -0.05) is 24.3 Å². The number of carbonyl (C=O) groups excluding carboxylic acids is 2. The van der Waals surface area contributed by atoms with Gasteiger partial charge in [0.15, 0.2) is 11.5 Å². The SMILES string of the molecule is COc1ccc(C2CCCN2C(=O)C2CC(=O)Nc3ccccc32)cc1OC. The summed E-state index contributed by atoms with van der Waals surface area (Å²) in [5.74, 6) is 0.783. The topological polar surface area (TPSA) is 67.9 Å². The minimum Gasteiger partial charge on any atom is -0.493 e. The minimum atomic E-state index is -0.439. The Balaban J connectivity index is 1.64. The van der Waals surface area contributed by atoms with Gasteiger partial charge in [0.25, 0.3) is 0 Å². The Morgan fingerprint density at radius 1 is 1.11 bits per heavy atom. The average Bonchev–Trinajstić information content (AvgIpc) is 3.21. The van der Waals surface area contributed by atoms with Gasteiger partial charge in [-0.25, -0.2) is 0 Å². The molecule has 1 saturated heterocycles. The molecule has 0 aromatic heterocycles. The molecule has 2 aliphatic rings. The number of para-hydroxylation sites is 1. The molecule has 2 unspecified atom stereocenters. The fraction of sp³-hybridized carbons (Fsp3) is 0.364. The summed E-state index contributed by atoms with van der Waals surface area (Å²) in [6.45, 7) is 0.693. The molecule has 0 bridgehead atoms. The van der Waals surface area contributed by atoms with E-state index in [1.165, 1.54) is 0 Å². The van der Waals surface area contributed by atoms with Crippen LogP contribution in [0.3, 0.4) is 0 Å². The van der Waals surface area contributed by atoms with Crippen LogP contribution in [0.15, 0.2) is 42.5 Å². The Bertz CT molecular complexity index is 911. The summed E-state index contributed by atoms with van der Waals surface area (Å²) in [7, 11) is 3.21. The number of fused-ring (bicyclic) bond motifs is 1. The first-order valence-electron chi connectivity index (χ1n) is 9.53. The van der Waals surface area contributed by atoms with Gasteiger partial charge in [0, 0.05) is 18.7 Å². The summed E-state index contributed by atoms with van der Waals surface area (Å²) in [5, 5.41) is 2.87. The van der Waals surface area contributed by atoms with Crippen molar-refractivity contribution in [3.8, 4) is 11.5 Å². The van der Waals surface area contributed by atoms with Crippen molar-refractivity contribution in [1.82, 2.24) is 4.90 Å². The zero-order valence-electron chi connectivity index (χ0n) is 16.1. The molecule has 146 valence electrons. The summed E-state index contributed by atoms with van der Waals surface area (Å²) in [4.78, 5) is 27.5. The molecule has 28 heavy (non-hydrogen) atoms. The van der Waals surface area contributed by atoms with Crippen molar-refractivity contribution in [2.45, 2.75) is 31.2 Å². The third-order valence-corrected chi connectivity index (χ3v) is 5.63. The van der Waals surface area contributed by atoms with Gasteiger partial charge in [0.1, 0.15) is 0 Å². The monoisotopic (exact) mass is 380 g/mol. The molecule has 0 aliphatic carbocycles. The number of anilines is 1. The third kappa shape index (κ3) is 3.19. The molecule has 0 saturated carbocycles. The first-order chi connectivity index (χ1) is 13.6. The van der Waals surface area contributed by atoms with Crippen LogP contribution in [-0.2, 0) is 9.59 Å². The molecule has 2 aromatic carbocycles. The molecule has 1 fully saturated rings. The van der Waals surface area contributed by atoms with Crippen LogP contribution in [0, 0.1) is 0 Å². The lowest BCUT2D eigenvalue weighted by Crippen LogP contribution is -2.38. The van der Waals surface area contributed by atoms with Crippen molar-refractivity contribution < 1.29 is 19.1 Å². The lowest BCUT2D eigenvalue weighted by molar-refractivity contribution is -0.135. The number of carbonyl (C=O) groups is 2. The highest BCUT2D eigenvalue weighted by Gasteiger charge is 2.38. The number of hydrogen-bond donors (Lipinski definition) is 1. The van der Waals surface area contributed by atoms with E-state index >= 15 is 0 Å². The highest BCUT2D eigenvalue weighted by atomic mass is 16.5. The maximum atomic E-state index is 13.5. The van der Waals surface area contributed by atoms with Crippen molar-refractivity contribution in [2.75, 3.05) is 26.1 Å². The molecule has 4 rings (SSSR count). The van der Waals surface area contributed by atoms with E-state index in [0.717, 1.165) is 29.7 Å². The number of amides is 2. The number of nitrogens with one attached hydrogen (secondary N) is 1. The molecule has 0 radical (unpaired) electrons. The largest absolute Gasteiger partial charge is 0.493 e. The van der Waals surface area contributed by atoms with Crippen molar-refractivity contribution >= 4 is 17.5 Å². The summed E-state index contributed by atoms with van der Waals surface area (Å²) in [6.07, 6.45) is 2.01. The Morgan fingerprint density at radius 3 is 2.68 bits per heavy atom. The fourth-order valence-electron chi connectivity index (χ4n) is 4.27. The summed E-state index contributed by atoms with van der Waals surface area (Å²) < 4.78 is 10.8. The smallest absolute Gasteiger partial charge is 0.231 e. The van der Waals surface area contributed by atoms with Gasteiger partial charge in [-0.3, -0.25) is 9.59 Å². The van der Waals surface area contributed by atoms with Gasteiger partial charge < -0.3 is 19.7 Å². The molecule has 6 heteroatoms. The van der Waals surface area contributed by atoms with Crippen LogP contribution in [0.4, 0.5) is 5.69 Å². The molecule has 2 amide bonds. The van der Waals surface area contributed by atoms with E-state index in [9.17, 15) is 9.59 Å². The molecular weight excluding hydrogens is 356 g/mol. The molecule has 2 heterocycles. The van der Waals surface area contributed by atoms with E-state index in [1.54, 1.807) is 14.2 Å². The maximum absolute atomic E-state index is 13.5. The van der Waals surface area contributed by atoms with Crippen LogP contribution in [0.5, 0.6) is 11.5 Å². The summed E-state index contributed by atoms with van der Waals surface area (Å²) in [6, 6.07) is 13.3. The highest BCUT2D eigenvalue weighted by molar-refractivity contribution is 6.01. The standard InChI is InChI=1S/C22H24N2O4/c1-27-19-10-9-14(12-20(19)28-2)18-8-5-11-24(18)22(26)16-13-21(25)23-17-7-4-3-6-15(16)17/h3-4,6-7,9-10,12,16,18H,5,8,11,13H2,1-2H3,(H,23,25). The molecule has 6 nitrogen and oxygen atoms in total. The van der Waals surface area contributed by atoms with Gasteiger partial charge >= 0.3 is 0 Å². The number of rotatable bonds is 4. The van der Waals surface area contributed by atoms with Crippen molar-refractivity contribution in [1.29, 1.82) is 0 Å². The van der Waals surface area contributed by atoms with E-state index in [0.29, 0.717) is 18.0 Å². The number of methoxy groups -OCH3 is 2. The van der Waals surface area contributed by atoms with Crippen LogP contribution in [0.2, 0.25) is 0 Å². The summed E-state index contributed by atoms with van der Waals surface area (Å²) in [5.41, 5.74) is 2.65. The van der Waals surface area contributed by atoms with Crippen molar-refractivity contribution in [3.05, 3.63) is 53.6 Å². The second kappa shape index (κ2) is 7.54. The van der Waals surface area contributed by atoms with Gasteiger partial charge in [0.2, 0.25) is 11.8 Å². The first-order valence-corrected chi connectivity index (χ1v) is 9.53. The zero-order chi connectivity index (χ0) is 19.7. The van der Waals surface area contributed by atoms with E-state index in [1.807, 2.05) is 47.4 Å². The highest BCUT2D eigenvalue weighted by Crippen LogP contribution is 2.40. The molecular formula is C22H24N2O4. The summed E-state index contributed by atoms with van der Waals surface area (Å²) >= 11 is 0. The molecule has 2 aromatic rings. The number of benzene rings is 2. The van der Waals surface area contributed by atoms with E-state index in [2.05, 4.69) is 5.32 Å². The molecule has 1 N–H and O–H groups in total. The van der Waals surface area contributed by atoms with Gasteiger partial charge in [-0.2, -0.15) is 0 Å². The van der Waals surface area contributed by atoms with Crippen LogP contribution in [0.25, 0.3) is 0 Å². The Labute approximate surface area is 164 Å². The third-order valence-electron chi connectivity index (χ3n) is 5.63. The van der Waals surface area contributed by atoms with Crippen molar-refractivity contribution in [2.24, 2.45) is 0 Å². The normalized spacial score (nSPS) is 21.1. The molecule has 2 atom stereocenters. The number of hydrogen-bond acceptors (Lipinski definition) is 4. The number of likely N-dealkylation sites (tertiary alicyclic amines) is 1. The molecule has 2 aliphatic heterocycles.